The van der Waals surface area contributed by atoms with Crippen LogP contribution < -0.4 is 0 Å². The zero-order valence-corrected chi connectivity index (χ0v) is 8.04. The molecule has 0 saturated carbocycles. The summed E-state index contributed by atoms with van der Waals surface area (Å²) in [5.41, 5.74) is 0.0452. The normalized spacial score (nSPS) is 9.57. The summed E-state index contributed by atoms with van der Waals surface area (Å²) >= 11 is 5.68. The Hall–Kier alpha value is -1.55. The van der Waals surface area contributed by atoms with Crippen LogP contribution in [0.25, 0.3) is 0 Å². The van der Waals surface area contributed by atoms with Gasteiger partial charge in [0.1, 0.15) is 0 Å². The van der Waals surface area contributed by atoms with Gasteiger partial charge in [0.15, 0.2) is 0 Å². The molecule has 0 aliphatic rings. The van der Waals surface area contributed by atoms with E-state index in [9.17, 15) is 9.59 Å². The zero-order chi connectivity index (χ0) is 10.7. The first kappa shape index (κ1) is 10.5. The lowest BCUT2D eigenvalue weighted by Gasteiger charge is -2.02. The van der Waals surface area contributed by atoms with Crippen LogP contribution in [-0.4, -0.2) is 24.2 Å². The molecule has 0 amide bonds. The number of carboxylic acid groups (broad SMARTS) is 1. The number of esters is 1. The Morgan fingerprint density at radius 3 is 2.57 bits per heavy atom. The number of methoxy groups -OCH3 is 1. The van der Waals surface area contributed by atoms with Gasteiger partial charge in [-0.2, -0.15) is 0 Å². The third-order valence-electron chi connectivity index (χ3n) is 1.62. The summed E-state index contributed by atoms with van der Waals surface area (Å²) in [6.07, 6.45) is 0. The second-order valence-corrected chi connectivity index (χ2v) is 2.90. The van der Waals surface area contributed by atoms with Crippen molar-refractivity contribution in [1.29, 1.82) is 0 Å². The van der Waals surface area contributed by atoms with Gasteiger partial charge in [-0.3, -0.25) is 0 Å². The van der Waals surface area contributed by atoms with Gasteiger partial charge in [-0.25, -0.2) is 9.59 Å². The molecule has 0 radical (unpaired) electrons. The molecular formula is C9H7ClO4. The smallest absolute Gasteiger partial charge is 0.339 e. The number of ether oxygens (including phenoxy) is 1. The highest BCUT2D eigenvalue weighted by atomic mass is 35.5. The van der Waals surface area contributed by atoms with Gasteiger partial charge in [-0.15, -0.1) is 0 Å². The number of hydrogen-bond donors (Lipinski definition) is 1. The van der Waals surface area contributed by atoms with E-state index in [0.29, 0.717) is 0 Å². The van der Waals surface area contributed by atoms with Gasteiger partial charge in [0.25, 0.3) is 0 Å². The molecule has 74 valence electrons. The van der Waals surface area contributed by atoms with Crippen molar-refractivity contribution >= 4 is 23.5 Å². The molecule has 1 aromatic rings. The summed E-state index contributed by atoms with van der Waals surface area (Å²) < 4.78 is 4.44. The van der Waals surface area contributed by atoms with Crippen LogP contribution >= 0.6 is 11.6 Å². The van der Waals surface area contributed by atoms with Crippen molar-refractivity contribution in [3.05, 3.63) is 34.3 Å². The summed E-state index contributed by atoms with van der Waals surface area (Å²) in [4.78, 5) is 21.7. The van der Waals surface area contributed by atoms with Gasteiger partial charge in [0.05, 0.1) is 23.3 Å². The molecule has 0 saturated heterocycles. The Labute approximate surface area is 85.1 Å². The minimum absolute atomic E-state index is 0.00481. The zero-order valence-electron chi connectivity index (χ0n) is 7.28. The van der Waals surface area contributed by atoms with E-state index in [2.05, 4.69) is 4.74 Å². The second-order valence-electron chi connectivity index (χ2n) is 2.49. The van der Waals surface area contributed by atoms with E-state index in [0.717, 1.165) is 0 Å². The van der Waals surface area contributed by atoms with Gasteiger partial charge in [0, 0.05) is 0 Å². The molecule has 0 atom stereocenters. The number of carboxylic acids is 1. The molecule has 0 unspecified atom stereocenters. The van der Waals surface area contributed by atoms with Gasteiger partial charge < -0.3 is 9.84 Å². The van der Waals surface area contributed by atoms with Crippen LogP contribution in [-0.2, 0) is 4.74 Å². The first-order valence-electron chi connectivity index (χ1n) is 3.67. The lowest BCUT2D eigenvalue weighted by atomic mass is 10.1. The lowest BCUT2D eigenvalue weighted by molar-refractivity contribution is 0.0601. The van der Waals surface area contributed by atoms with Gasteiger partial charge in [-0.05, 0) is 18.2 Å². The molecule has 1 N–H and O–H groups in total. The fourth-order valence-electron chi connectivity index (χ4n) is 0.925. The summed E-state index contributed by atoms with van der Waals surface area (Å²) in [6, 6.07) is 3.84. The number of aromatic carboxylic acids is 1. The van der Waals surface area contributed by atoms with E-state index in [1.54, 1.807) is 0 Å². The Morgan fingerprint density at radius 1 is 1.43 bits per heavy atom. The monoisotopic (exact) mass is 214 g/mol. The minimum Gasteiger partial charge on any atom is -0.478 e. The summed E-state index contributed by atoms with van der Waals surface area (Å²) in [6.45, 7) is 0. The molecule has 0 aliphatic heterocycles. The third-order valence-corrected chi connectivity index (χ3v) is 1.95. The van der Waals surface area contributed by atoms with Crippen LogP contribution in [0.1, 0.15) is 20.7 Å². The van der Waals surface area contributed by atoms with E-state index in [-0.39, 0.29) is 16.1 Å². The fourth-order valence-corrected chi connectivity index (χ4v) is 1.12. The predicted molar refractivity (Wildman–Crippen MR) is 49.8 cm³/mol. The highest BCUT2D eigenvalue weighted by Gasteiger charge is 2.13. The van der Waals surface area contributed by atoms with Crippen LogP contribution in [0.4, 0.5) is 0 Å². The number of benzene rings is 1. The van der Waals surface area contributed by atoms with Crippen LogP contribution in [0.5, 0.6) is 0 Å². The van der Waals surface area contributed by atoms with E-state index in [1.165, 1.54) is 25.3 Å². The first-order chi connectivity index (χ1) is 6.56. The predicted octanol–water partition coefficient (Wildman–Crippen LogP) is 1.82. The average molecular weight is 215 g/mol. The Balaban J connectivity index is 3.21. The van der Waals surface area contributed by atoms with Crippen molar-refractivity contribution in [2.75, 3.05) is 7.11 Å². The van der Waals surface area contributed by atoms with E-state index in [4.69, 9.17) is 16.7 Å². The molecule has 0 spiro atoms. The van der Waals surface area contributed by atoms with Crippen molar-refractivity contribution in [3.8, 4) is 0 Å². The maximum atomic E-state index is 11.1. The summed E-state index contributed by atoms with van der Waals surface area (Å²) in [5, 5.41) is 8.83. The van der Waals surface area contributed by atoms with Crippen molar-refractivity contribution in [2.45, 2.75) is 0 Å². The van der Waals surface area contributed by atoms with E-state index < -0.39 is 11.9 Å². The fraction of sp³-hybridized carbons (Fsp3) is 0.111. The molecular weight excluding hydrogens is 208 g/mol. The van der Waals surface area contributed by atoms with E-state index in [1.807, 2.05) is 0 Å². The first-order valence-corrected chi connectivity index (χ1v) is 4.05. The number of hydrogen-bond acceptors (Lipinski definition) is 3. The molecule has 0 bridgehead atoms. The molecule has 0 fully saturated rings. The van der Waals surface area contributed by atoms with Crippen LogP contribution in [0.15, 0.2) is 18.2 Å². The summed E-state index contributed by atoms with van der Waals surface area (Å²) in [5.74, 6) is -1.77. The molecule has 5 heteroatoms. The van der Waals surface area contributed by atoms with Crippen molar-refractivity contribution in [3.63, 3.8) is 0 Å². The number of halogens is 1. The van der Waals surface area contributed by atoms with Crippen LogP contribution in [0.3, 0.4) is 0 Å². The third kappa shape index (κ3) is 2.03. The van der Waals surface area contributed by atoms with Crippen LogP contribution in [0.2, 0.25) is 5.02 Å². The highest BCUT2D eigenvalue weighted by molar-refractivity contribution is 6.33. The number of carbonyl (C=O) groups excluding carboxylic acids is 1. The highest BCUT2D eigenvalue weighted by Crippen LogP contribution is 2.18. The van der Waals surface area contributed by atoms with E-state index >= 15 is 0 Å². The van der Waals surface area contributed by atoms with Gasteiger partial charge in [0.2, 0.25) is 0 Å². The molecule has 0 heterocycles. The molecule has 14 heavy (non-hydrogen) atoms. The standard InChI is InChI=1S/C9H7ClO4/c1-14-9(13)6-4-5(8(11)12)2-3-7(6)10/h2-4H,1H3,(H,11,12). The molecule has 0 aliphatic carbocycles. The SMILES string of the molecule is COC(=O)c1cc(C(=O)O)ccc1Cl. The Kier molecular flexibility index (Phi) is 3.09. The Bertz CT molecular complexity index is 386. The second kappa shape index (κ2) is 4.11. The maximum absolute atomic E-state index is 11.1. The molecule has 0 aromatic heterocycles. The van der Waals surface area contributed by atoms with Gasteiger partial charge in [-0.1, -0.05) is 11.6 Å². The lowest BCUT2D eigenvalue weighted by Crippen LogP contribution is -2.05. The number of carbonyl (C=O) groups is 2. The number of rotatable bonds is 2. The molecule has 1 aromatic carbocycles. The average Bonchev–Trinajstić information content (AvgIpc) is 2.17. The van der Waals surface area contributed by atoms with Crippen LogP contribution in [0, 0.1) is 0 Å². The van der Waals surface area contributed by atoms with Crippen molar-refractivity contribution < 1.29 is 19.4 Å². The maximum Gasteiger partial charge on any atom is 0.339 e. The summed E-state index contributed by atoms with van der Waals surface area (Å²) in [7, 11) is 1.20. The topological polar surface area (TPSA) is 63.6 Å². The molecule has 4 nitrogen and oxygen atoms in total. The largest absolute Gasteiger partial charge is 0.478 e. The van der Waals surface area contributed by atoms with Gasteiger partial charge >= 0.3 is 11.9 Å². The van der Waals surface area contributed by atoms with Crippen molar-refractivity contribution in [2.24, 2.45) is 0 Å². The minimum atomic E-state index is -1.12. The Morgan fingerprint density at radius 2 is 2.07 bits per heavy atom. The van der Waals surface area contributed by atoms with Crippen molar-refractivity contribution in [1.82, 2.24) is 0 Å². The quantitative estimate of drug-likeness (QED) is 0.763. The molecule has 1 rings (SSSR count).